The Kier molecular flexibility index (Phi) is 14.1. The Bertz CT molecular complexity index is 552. The summed E-state index contributed by atoms with van der Waals surface area (Å²) >= 11 is 0. The second-order valence-electron chi connectivity index (χ2n) is 7.24. The highest BCUT2D eigenvalue weighted by atomic mass is 32.2. The Morgan fingerprint density at radius 3 is 2.07 bits per heavy atom. The number of nitrogens with zero attached hydrogens (tertiary/aromatic N) is 1. The van der Waals surface area contributed by atoms with Gasteiger partial charge in [0, 0.05) is 6.54 Å². The maximum atomic E-state index is 12.8. The molecule has 0 aromatic rings. The van der Waals surface area contributed by atoms with Crippen LogP contribution in [0.4, 0.5) is 0 Å². The number of hydrogen-bond acceptors (Lipinski definition) is 6. The minimum Gasteiger partial charge on any atom is -0.370 e. The van der Waals surface area contributed by atoms with Gasteiger partial charge in [-0.25, -0.2) is 0 Å². The van der Waals surface area contributed by atoms with Gasteiger partial charge in [-0.15, -0.1) is 0 Å². The van der Waals surface area contributed by atoms with Crippen LogP contribution < -0.4 is 33.6 Å². The molecule has 0 saturated heterocycles. The lowest BCUT2D eigenvalue weighted by Crippen LogP contribution is -2.54. The van der Waals surface area contributed by atoms with E-state index in [0.29, 0.717) is 44.5 Å². The van der Waals surface area contributed by atoms with Crippen molar-refractivity contribution in [2.24, 2.45) is 27.9 Å². The second-order valence-corrected chi connectivity index (χ2v) is 9.50. The van der Waals surface area contributed by atoms with Gasteiger partial charge in [-0.2, -0.15) is 0 Å². The third kappa shape index (κ3) is 13.1. The second kappa shape index (κ2) is 15.1. The van der Waals surface area contributed by atoms with Crippen LogP contribution in [0, 0.1) is 0 Å². The number of guanidine groups is 1. The molecule has 168 valence electrons. The molecule has 0 aliphatic heterocycles. The minimum absolute atomic E-state index is 0.0147. The summed E-state index contributed by atoms with van der Waals surface area (Å²) in [5.41, 5.74) is 21.7. The molecule has 0 spiro atoms. The maximum absolute atomic E-state index is 12.8. The summed E-state index contributed by atoms with van der Waals surface area (Å²) < 4.78 is 0. The highest BCUT2D eigenvalue weighted by molar-refractivity contribution is 7.96. The van der Waals surface area contributed by atoms with Gasteiger partial charge in [-0.05, 0) is 56.5 Å². The molecule has 0 rings (SSSR count). The van der Waals surface area contributed by atoms with Gasteiger partial charge in [-0.3, -0.25) is 19.4 Å². The predicted octanol–water partition coefficient (Wildman–Crippen LogP) is -2.07. The van der Waals surface area contributed by atoms with Gasteiger partial charge < -0.3 is 33.6 Å². The number of ketones is 1. The molecule has 0 aromatic heterocycles. The van der Waals surface area contributed by atoms with Crippen LogP contribution in [0.15, 0.2) is 4.99 Å². The van der Waals surface area contributed by atoms with E-state index in [1.165, 1.54) is 0 Å². The lowest BCUT2D eigenvalue weighted by atomic mass is 10.0. The Labute approximate surface area is 176 Å². The average molecular weight is 433 g/mol. The van der Waals surface area contributed by atoms with E-state index in [1.807, 2.05) is 12.5 Å². The number of nitrogens with two attached hydrogens (primary N) is 4. The van der Waals surface area contributed by atoms with E-state index in [4.69, 9.17) is 22.9 Å². The first-order valence-electron chi connectivity index (χ1n) is 9.77. The number of carbonyl (C=O) groups is 3. The molecule has 0 aliphatic rings. The number of aliphatic imine (C=N–C) groups is 1. The fraction of sp³-hybridized carbons (Fsp3) is 0.778. The third-order valence-corrected chi connectivity index (χ3v) is 4.94. The monoisotopic (exact) mass is 432 g/mol. The summed E-state index contributed by atoms with van der Waals surface area (Å²) in [6, 6.07) is -2.16. The molecular formula is C18H38N7O3S+. The van der Waals surface area contributed by atoms with Crippen molar-refractivity contribution in [3.63, 3.8) is 0 Å². The molecule has 0 aliphatic carbocycles. The number of amides is 2. The summed E-state index contributed by atoms with van der Waals surface area (Å²) in [7, 11) is -0.0964. The SMILES string of the molecule is C[C@H](N)C(=O)N[C@@H](CCCCN)C(=O)NC(CCCN=C(N)N)C(=O)C[S+](C)C. The smallest absolute Gasteiger partial charge is 0.243 e. The molecule has 11 heteroatoms. The molecule has 3 atom stereocenters. The molecule has 2 amide bonds. The Balaban J connectivity index is 5.15. The molecule has 0 radical (unpaired) electrons. The summed E-state index contributed by atoms with van der Waals surface area (Å²) in [4.78, 5) is 41.3. The molecule has 0 bridgehead atoms. The van der Waals surface area contributed by atoms with E-state index in [9.17, 15) is 14.4 Å². The van der Waals surface area contributed by atoms with Crippen molar-refractivity contribution in [2.75, 3.05) is 31.4 Å². The van der Waals surface area contributed by atoms with Crippen molar-refractivity contribution in [1.29, 1.82) is 0 Å². The molecule has 10 nitrogen and oxygen atoms in total. The largest absolute Gasteiger partial charge is 0.370 e. The normalized spacial score (nSPS) is 14.0. The predicted molar refractivity (Wildman–Crippen MR) is 119 cm³/mol. The lowest BCUT2D eigenvalue weighted by Gasteiger charge is -2.23. The van der Waals surface area contributed by atoms with E-state index in [0.717, 1.165) is 6.42 Å². The Hall–Kier alpha value is -1.85. The highest BCUT2D eigenvalue weighted by Crippen LogP contribution is 2.06. The van der Waals surface area contributed by atoms with E-state index in [-0.39, 0.29) is 22.6 Å². The standard InChI is InChI=1S/C18H37N7O3S/c1-12(20)16(27)25-14(7-4-5-9-19)17(28)24-13(15(26)11-29(2)3)8-6-10-23-18(21)22/h12-14H,4-11,19-20H2,1-3H3,(H5-,21,22,23,24,25,27,28)/p+1/t12-,13?,14-/m0/s1. The van der Waals surface area contributed by atoms with Crippen molar-refractivity contribution >= 4 is 34.5 Å². The quantitative estimate of drug-likeness (QED) is 0.0740. The van der Waals surface area contributed by atoms with Gasteiger partial charge in [-0.1, -0.05) is 0 Å². The number of unbranched alkanes of at least 4 members (excludes halogenated alkanes) is 1. The van der Waals surface area contributed by atoms with Crippen molar-refractivity contribution in [3.05, 3.63) is 0 Å². The number of carbonyl (C=O) groups excluding carboxylic acids is 3. The van der Waals surface area contributed by atoms with Gasteiger partial charge in [0.2, 0.25) is 17.6 Å². The van der Waals surface area contributed by atoms with Crippen LogP contribution in [-0.2, 0) is 25.3 Å². The summed E-state index contributed by atoms with van der Waals surface area (Å²) in [6.07, 6.45) is 6.71. The molecule has 0 fully saturated rings. The van der Waals surface area contributed by atoms with Crippen molar-refractivity contribution in [3.8, 4) is 0 Å². The van der Waals surface area contributed by atoms with Crippen LogP contribution in [0.3, 0.4) is 0 Å². The van der Waals surface area contributed by atoms with E-state index in [2.05, 4.69) is 15.6 Å². The Morgan fingerprint density at radius 2 is 1.55 bits per heavy atom. The van der Waals surface area contributed by atoms with Gasteiger partial charge in [0.1, 0.15) is 6.04 Å². The fourth-order valence-electron chi connectivity index (χ4n) is 2.54. The molecular weight excluding hydrogens is 394 g/mol. The molecule has 0 heterocycles. The fourth-order valence-corrected chi connectivity index (χ4v) is 3.31. The van der Waals surface area contributed by atoms with Crippen LogP contribution in [0.5, 0.6) is 0 Å². The summed E-state index contributed by atoms with van der Waals surface area (Å²) in [5, 5.41) is 5.46. The zero-order valence-corrected chi connectivity index (χ0v) is 18.6. The first-order valence-corrected chi connectivity index (χ1v) is 12.0. The first kappa shape index (κ1) is 27.1. The summed E-state index contributed by atoms with van der Waals surface area (Å²) in [6.45, 7) is 2.41. The molecule has 0 saturated carbocycles. The van der Waals surface area contributed by atoms with E-state index in [1.54, 1.807) is 6.92 Å². The van der Waals surface area contributed by atoms with Crippen LogP contribution in [-0.4, -0.2) is 73.0 Å². The minimum atomic E-state index is -0.769. The Morgan fingerprint density at radius 1 is 0.966 bits per heavy atom. The number of nitrogens with one attached hydrogen (secondary N) is 2. The van der Waals surface area contributed by atoms with Crippen molar-refractivity contribution in [2.45, 2.75) is 57.2 Å². The third-order valence-electron chi connectivity index (χ3n) is 4.07. The first-order chi connectivity index (χ1) is 13.6. The lowest BCUT2D eigenvalue weighted by molar-refractivity contribution is -0.131. The topological polar surface area (TPSA) is 192 Å². The number of hydrogen-bond donors (Lipinski definition) is 6. The van der Waals surface area contributed by atoms with Crippen LogP contribution in [0.2, 0.25) is 0 Å². The van der Waals surface area contributed by atoms with Crippen molar-refractivity contribution < 1.29 is 14.4 Å². The maximum Gasteiger partial charge on any atom is 0.243 e. The van der Waals surface area contributed by atoms with Gasteiger partial charge in [0.15, 0.2) is 11.7 Å². The van der Waals surface area contributed by atoms with Gasteiger partial charge in [0.25, 0.3) is 0 Å². The van der Waals surface area contributed by atoms with Crippen LogP contribution in [0.25, 0.3) is 0 Å². The van der Waals surface area contributed by atoms with Crippen LogP contribution >= 0.6 is 0 Å². The molecule has 10 N–H and O–H groups in total. The average Bonchev–Trinajstić information content (AvgIpc) is 2.62. The summed E-state index contributed by atoms with van der Waals surface area (Å²) in [5.74, 6) is -0.507. The van der Waals surface area contributed by atoms with Gasteiger partial charge in [0.05, 0.1) is 24.6 Å². The van der Waals surface area contributed by atoms with E-state index >= 15 is 0 Å². The molecule has 0 aromatic carbocycles. The van der Waals surface area contributed by atoms with Crippen molar-refractivity contribution in [1.82, 2.24) is 10.6 Å². The van der Waals surface area contributed by atoms with Gasteiger partial charge >= 0.3 is 0 Å². The highest BCUT2D eigenvalue weighted by Gasteiger charge is 2.28. The van der Waals surface area contributed by atoms with Crippen LogP contribution in [0.1, 0.15) is 39.0 Å². The number of rotatable bonds is 15. The van der Waals surface area contributed by atoms with E-state index < -0.39 is 29.9 Å². The zero-order valence-electron chi connectivity index (χ0n) is 17.8. The number of Topliss-reactive ketones (excluding diaryl/α,β-unsaturated/α-hetero) is 1. The zero-order chi connectivity index (χ0) is 22.4. The molecule has 1 unspecified atom stereocenters. The molecule has 29 heavy (non-hydrogen) atoms.